The van der Waals surface area contributed by atoms with Gasteiger partial charge in [0.1, 0.15) is 10.6 Å². The molecule has 0 atom stereocenters. The average molecular weight is 1090 g/mol. The van der Waals surface area contributed by atoms with E-state index in [1.54, 1.807) is 48.5 Å². The van der Waals surface area contributed by atoms with E-state index in [1.165, 1.54) is 115 Å². The van der Waals surface area contributed by atoms with Crippen LogP contribution in [0.2, 0.25) is 0 Å². The molecule has 0 bridgehead atoms. The second-order valence-electron chi connectivity index (χ2n) is 19.1. The van der Waals surface area contributed by atoms with E-state index in [4.69, 9.17) is 4.18 Å². The fraction of sp³-hybridized carbons (Fsp3) is 0.0847. The summed E-state index contributed by atoms with van der Waals surface area (Å²) in [7, 11) is -12.8. The van der Waals surface area contributed by atoms with Gasteiger partial charge in [-0.2, -0.15) is 8.42 Å². The van der Waals surface area contributed by atoms with Crippen LogP contribution in [-0.2, 0) is 40.6 Å². The number of fused-ring (bicyclic) bond motifs is 3. The normalized spacial score (nSPS) is 12.2. The van der Waals surface area contributed by atoms with Crippen molar-refractivity contribution in [3.05, 3.63) is 231 Å². The summed E-state index contributed by atoms with van der Waals surface area (Å²) < 4.78 is 90.3. The third kappa shape index (κ3) is 8.50. The van der Waals surface area contributed by atoms with Crippen molar-refractivity contribution in [3.8, 4) is 23.0 Å². The van der Waals surface area contributed by atoms with Crippen LogP contribution in [0.15, 0.2) is 213 Å². The zero-order valence-corrected chi connectivity index (χ0v) is 44.0. The van der Waals surface area contributed by atoms with Gasteiger partial charge >= 0.3 is 27.2 Å². The summed E-state index contributed by atoms with van der Waals surface area (Å²) in [5, 5.41) is 61.1. The van der Waals surface area contributed by atoms with E-state index in [0.29, 0.717) is 11.1 Å². The van der Waals surface area contributed by atoms with Crippen molar-refractivity contribution in [1.82, 2.24) is 0 Å². The Kier molecular flexibility index (Phi) is 12.7. The maximum atomic E-state index is 14.4. The molecular formula is C59H43N6O10S3+3. The van der Waals surface area contributed by atoms with Crippen LogP contribution in [0.1, 0.15) is 48.6 Å². The van der Waals surface area contributed by atoms with Crippen LogP contribution in [0.5, 0.6) is 23.0 Å². The van der Waals surface area contributed by atoms with Gasteiger partial charge in [-0.15, -0.1) is 0 Å². The molecule has 78 heavy (non-hydrogen) atoms. The number of aromatic hydroxyl groups is 3. The summed E-state index contributed by atoms with van der Waals surface area (Å²) in [4.78, 5) is 8.75. The maximum absolute atomic E-state index is 14.4. The molecule has 0 heterocycles. The molecule has 0 aromatic heterocycles. The Morgan fingerprint density at radius 3 is 1.04 bits per heavy atom. The van der Waals surface area contributed by atoms with Crippen molar-refractivity contribution in [3.63, 3.8) is 0 Å². The Labute approximate surface area is 447 Å². The van der Waals surface area contributed by atoms with Gasteiger partial charge in [0.25, 0.3) is 0 Å². The van der Waals surface area contributed by atoms with Gasteiger partial charge in [-0.25, -0.2) is 16.8 Å². The monoisotopic (exact) mass is 1090 g/mol. The number of nitrogens with zero attached hydrogens (tertiary/aromatic N) is 6. The van der Waals surface area contributed by atoms with Gasteiger partial charge in [0, 0.05) is 61.3 Å². The van der Waals surface area contributed by atoms with Gasteiger partial charge in [-0.3, -0.25) is 0 Å². The van der Waals surface area contributed by atoms with E-state index in [1.807, 2.05) is 45.0 Å². The maximum Gasteiger partial charge on any atom is 0.426 e. The van der Waals surface area contributed by atoms with Crippen molar-refractivity contribution < 1.29 is 44.8 Å². The predicted molar refractivity (Wildman–Crippen MR) is 293 cm³/mol. The van der Waals surface area contributed by atoms with E-state index >= 15 is 0 Å². The predicted octanol–water partition coefficient (Wildman–Crippen LogP) is 13.8. The molecule has 0 unspecified atom stereocenters. The van der Waals surface area contributed by atoms with Crippen molar-refractivity contribution in [2.24, 2.45) is 0 Å². The highest BCUT2D eigenvalue weighted by Crippen LogP contribution is 2.45. The lowest BCUT2D eigenvalue weighted by molar-refractivity contribution is 0.483. The van der Waals surface area contributed by atoms with Gasteiger partial charge < -0.3 is 19.5 Å². The van der Waals surface area contributed by atoms with Gasteiger partial charge in [0.15, 0.2) is 14.9 Å². The van der Waals surface area contributed by atoms with Gasteiger partial charge in [0.05, 0.1) is 19.6 Å². The molecule has 3 N–H and O–H groups in total. The molecule has 0 amide bonds. The Balaban J connectivity index is 1.00. The topological polar surface area (TPSA) is 257 Å². The first-order valence-corrected chi connectivity index (χ1v) is 28.2. The summed E-state index contributed by atoms with van der Waals surface area (Å²) in [6.07, 6.45) is 0. The fourth-order valence-corrected chi connectivity index (χ4v) is 14.1. The van der Waals surface area contributed by atoms with Crippen LogP contribution in [0.3, 0.4) is 0 Å². The lowest BCUT2D eigenvalue weighted by atomic mass is 9.70. The van der Waals surface area contributed by atoms with Crippen molar-refractivity contribution in [2.45, 2.75) is 56.1 Å². The summed E-state index contributed by atoms with van der Waals surface area (Å²) in [5.41, 5.74) is 1.59. The molecule has 0 spiro atoms. The second-order valence-corrected chi connectivity index (χ2v) is 24.4. The molecule has 0 saturated carbocycles. The molecular weight excluding hydrogens is 1050 g/mol. The summed E-state index contributed by atoms with van der Waals surface area (Å²) in [5.74, 6) is -1.12. The highest BCUT2D eigenvalue weighted by molar-refractivity contribution is 7.92. The Hall–Kier alpha value is -9.71. The number of hydrogen-bond acceptors (Lipinski definition) is 13. The minimum absolute atomic E-state index is 0.0373. The Morgan fingerprint density at radius 1 is 0.372 bits per heavy atom. The van der Waals surface area contributed by atoms with Crippen LogP contribution < -0.4 is 4.18 Å². The van der Waals surface area contributed by atoms with Crippen LogP contribution in [-0.4, -0.2) is 40.6 Å². The van der Waals surface area contributed by atoms with Gasteiger partial charge in [0.2, 0.25) is 53.1 Å². The molecule has 0 fully saturated rings. The molecule has 0 aliphatic rings. The van der Waals surface area contributed by atoms with E-state index in [2.05, 4.69) is 14.9 Å². The number of diazo groups is 3. The first kappa shape index (κ1) is 51.8. The lowest BCUT2D eigenvalue weighted by Gasteiger charge is -2.33. The SMILES string of the molecule is CC(C)(c1ccc(OS(=O)(=O)c2cccc3c(O)c([N+]#N)ccc23)cc1)c1ccc(C(C)(c2ccc(S(=O)(=O)c3cccc4c(O)c([N+]#N)ccc34)cc2)c2ccc(S(=O)(=O)c3cccc4c(O)c([N+]#N)ccc34)cc2)cc1. The number of rotatable bonds is 12. The minimum atomic E-state index is -4.41. The van der Waals surface area contributed by atoms with E-state index < -0.39 is 46.4 Å². The lowest BCUT2D eigenvalue weighted by Crippen LogP contribution is -2.26. The van der Waals surface area contributed by atoms with E-state index in [9.17, 15) is 56.8 Å². The van der Waals surface area contributed by atoms with E-state index in [-0.39, 0.29) is 91.1 Å². The summed E-state index contributed by atoms with van der Waals surface area (Å²) in [6.45, 7) is 5.93. The molecule has 10 aromatic carbocycles. The number of hydrogen-bond donors (Lipinski definition) is 3. The third-order valence-electron chi connectivity index (χ3n) is 14.5. The fourth-order valence-electron chi connectivity index (χ4n) is 10.0. The van der Waals surface area contributed by atoms with Crippen LogP contribution in [0, 0.1) is 16.2 Å². The molecule has 0 aliphatic carbocycles. The third-order valence-corrected chi connectivity index (χ3v) is 19.5. The van der Waals surface area contributed by atoms with Crippen molar-refractivity contribution in [2.75, 3.05) is 0 Å². The number of phenols is 3. The number of sulfone groups is 2. The first-order chi connectivity index (χ1) is 37.2. The zero-order chi connectivity index (χ0) is 55.5. The molecule has 19 heteroatoms. The molecule has 0 saturated heterocycles. The quantitative estimate of drug-likeness (QED) is 0.0585. The van der Waals surface area contributed by atoms with Gasteiger partial charge in [-0.05, 0) is 108 Å². The standard InChI is InChI=1S/C59H40N6O10S3/c1-58(2,36-17-23-40(24-18-36)75-78(73,74)54-12-6-9-48-45(54)31-34-51(65-62)57(48)68)35-13-15-37(16-14-35)59(3,38-19-25-41(26-20-38)76(69,70)52-10-4-7-46-43(52)29-32-49(63-60)55(46)66)39-21-27-42(28-22-39)77(71,72)53-11-5-8-47-44(53)30-33-50(64-61)56(47)67/h4-34H,1-3H3/p+3. The summed E-state index contributed by atoms with van der Waals surface area (Å²) >= 11 is 0. The average Bonchev–Trinajstić information content (AvgIpc) is 3.52. The molecule has 10 aromatic rings. The Morgan fingerprint density at radius 2 is 0.679 bits per heavy atom. The van der Waals surface area contributed by atoms with Crippen molar-refractivity contribution in [1.29, 1.82) is 16.2 Å². The van der Waals surface area contributed by atoms with Crippen LogP contribution in [0.25, 0.3) is 47.2 Å². The van der Waals surface area contributed by atoms with Gasteiger partial charge in [-0.1, -0.05) is 111 Å². The van der Waals surface area contributed by atoms with Crippen LogP contribution in [0.4, 0.5) is 17.1 Å². The minimum Gasteiger partial charge on any atom is -0.501 e. The molecule has 10 rings (SSSR count). The zero-order valence-electron chi connectivity index (χ0n) is 41.5. The first-order valence-electron chi connectivity index (χ1n) is 23.8. The number of phenolic OH excluding ortho intramolecular Hbond substituents is 3. The molecule has 0 radical (unpaired) electrons. The molecule has 0 aliphatic heterocycles. The summed E-state index contributed by atoms with van der Waals surface area (Å²) in [6, 6.07) is 48.4. The second kappa shape index (κ2) is 19.1. The highest BCUT2D eigenvalue weighted by atomic mass is 32.2. The molecule has 384 valence electrons. The van der Waals surface area contributed by atoms with E-state index in [0.717, 1.165) is 16.7 Å². The molecule has 16 nitrogen and oxygen atoms in total. The Bertz CT molecular complexity index is 4430. The van der Waals surface area contributed by atoms with Crippen LogP contribution >= 0.6 is 0 Å². The highest BCUT2D eigenvalue weighted by Gasteiger charge is 2.35. The van der Waals surface area contributed by atoms with Crippen molar-refractivity contribution >= 4 is 79.2 Å². The largest absolute Gasteiger partial charge is 0.501 e. The number of benzene rings is 10. The smallest absolute Gasteiger partial charge is 0.426 e.